The van der Waals surface area contributed by atoms with Gasteiger partial charge < -0.3 is 20.7 Å². The highest BCUT2D eigenvalue weighted by Gasteiger charge is 2.28. The van der Waals surface area contributed by atoms with Crippen molar-refractivity contribution < 1.29 is 19.1 Å². The number of anilines is 3. The molecule has 1 heterocycles. The quantitative estimate of drug-likeness (QED) is 0.722. The van der Waals surface area contributed by atoms with Crippen LogP contribution in [0.4, 0.5) is 17.1 Å². The minimum atomic E-state index is -0.704. The van der Waals surface area contributed by atoms with Crippen molar-refractivity contribution in [3.8, 4) is 0 Å². The van der Waals surface area contributed by atoms with E-state index < -0.39 is 12.0 Å². The summed E-state index contributed by atoms with van der Waals surface area (Å²) in [6.07, 6.45) is -0.0757. The van der Waals surface area contributed by atoms with Gasteiger partial charge in [0.1, 0.15) is 6.04 Å². The predicted octanol–water partition coefficient (Wildman–Crippen LogP) is 2.85. The number of hydrogen-bond acceptors (Lipinski definition) is 5. The Kier molecular flexibility index (Phi) is 5.12. The summed E-state index contributed by atoms with van der Waals surface area (Å²) in [6, 6.07) is 9.70. The van der Waals surface area contributed by atoms with Gasteiger partial charge in [0.15, 0.2) is 0 Å². The Morgan fingerprint density at radius 2 is 1.78 bits per heavy atom. The van der Waals surface area contributed by atoms with E-state index in [-0.39, 0.29) is 23.8 Å². The van der Waals surface area contributed by atoms with Crippen LogP contribution in [0.1, 0.15) is 27.9 Å². The zero-order valence-electron chi connectivity index (χ0n) is 15.4. The lowest BCUT2D eigenvalue weighted by Crippen LogP contribution is -2.41. The van der Waals surface area contributed by atoms with Gasteiger partial charge in [0.2, 0.25) is 11.8 Å². The third-order valence-electron chi connectivity index (χ3n) is 4.53. The first kappa shape index (κ1) is 18.4. The molecular weight excluding hydrogens is 346 g/mol. The summed E-state index contributed by atoms with van der Waals surface area (Å²) in [7, 11) is 1.28. The highest BCUT2D eigenvalue weighted by atomic mass is 16.5. The Morgan fingerprint density at radius 1 is 1.11 bits per heavy atom. The topological polar surface area (TPSA) is 96.5 Å². The van der Waals surface area contributed by atoms with E-state index in [4.69, 9.17) is 4.74 Å². The van der Waals surface area contributed by atoms with E-state index in [1.54, 1.807) is 24.3 Å². The van der Waals surface area contributed by atoms with Gasteiger partial charge in [0.25, 0.3) is 0 Å². The standard InChI is InChI=1S/C20H21N3O4/c1-11-8-15-16(9-12(11)2)23-19(25)17(21-15)10-18(24)22-14-7-5-4-6-13(14)20(26)27-3/h4-9,17,21H,10H2,1-3H3,(H,22,24)(H,23,25). The normalized spacial score (nSPS) is 15.2. The molecule has 140 valence electrons. The number of amides is 2. The molecule has 1 aliphatic rings. The van der Waals surface area contributed by atoms with Crippen LogP contribution in [0.2, 0.25) is 0 Å². The summed E-state index contributed by atoms with van der Waals surface area (Å²) in [5.41, 5.74) is 4.25. The molecule has 1 atom stereocenters. The van der Waals surface area contributed by atoms with Crippen LogP contribution in [0.5, 0.6) is 0 Å². The van der Waals surface area contributed by atoms with Crippen molar-refractivity contribution in [2.24, 2.45) is 0 Å². The minimum absolute atomic E-state index is 0.0757. The van der Waals surface area contributed by atoms with Crippen LogP contribution in [0.3, 0.4) is 0 Å². The second-order valence-electron chi connectivity index (χ2n) is 6.46. The summed E-state index contributed by atoms with van der Waals surface area (Å²) >= 11 is 0. The fourth-order valence-corrected chi connectivity index (χ4v) is 2.92. The molecule has 7 nitrogen and oxygen atoms in total. The van der Waals surface area contributed by atoms with Crippen LogP contribution in [-0.2, 0) is 14.3 Å². The maximum Gasteiger partial charge on any atom is 0.339 e. The van der Waals surface area contributed by atoms with Crippen molar-refractivity contribution in [3.05, 3.63) is 53.1 Å². The molecule has 2 amide bonds. The van der Waals surface area contributed by atoms with E-state index >= 15 is 0 Å². The zero-order chi connectivity index (χ0) is 19.6. The van der Waals surface area contributed by atoms with Gasteiger partial charge in [-0.05, 0) is 49.2 Å². The van der Waals surface area contributed by atoms with Gasteiger partial charge in [-0.3, -0.25) is 9.59 Å². The Morgan fingerprint density at radius 3 is 2.48 bits per heavy atom. The lowest BCUT2D eigenvalue weighted by Gasteiger charge is -2.27. The van der Waals surface area contributed by atoms with Gasteiger partial charge in [0, 0.05) is 0 Å². The predicted molar refractivity (Wildman–Crippen MR) is 103 cm³/mol. The van der Waals surface area contributed by atoms with Crippen molar-refractivity contribution in [2.45, 2.75) is 26.3 Å². The summed E-state index contributed by atoms with van der Waals surface area (Å²) in [6.45, 7) is 3.96. The maximum absolute atomic E-state index is 12.4. The van der Waals surface area contributed by atoms with E-state index in [0.717, 1.165) is 16.8 Å². The molecule has 3 rings (SSSR count). The van der Waals surface area contributed by atoms with Crippen molar-refractivity contribution in [1.29, 1.82) is 0 Å². The van der Waals surface area contributed by atoms with Crippen molar-refractivity contribution >= 4 is 34.8 Å². The first-order valence-corrected chi connectivity index (χ1v) is 8.55. The van der Waals surface area contributed by atoms with Gasteiger partial charge in [-0.2, -0.15) is 0 Å². The molecule has 0 fully saturated rings. The largest absolute Gasteiger partial charge is 0.465 e. The number of aryl methyl sites for hydroxylation is 2. The van der Waals surface area contributed by atoms with Crippen molar-refractivity contribution in [3.63, 3.8) is 0 Å². The summed E-state index contributed by atoms with van der Waals surface area (Å²) in [5.74, 6) is -1.20. The monoisotopic (exact) mass is 367 g/mol. The number of para-hydroxylation sites is 1. The molecule has 0 bridgehead atoms. The molecule has 3 N–H and O–H groups in total. The number of hydrogen-bond donors (Lipinski definition) is 3. The van der Waals surface area contributed by atoms with E-state index in [2.05, 4.69) is 16.0 Å². The third-order valence-corrected chi connectivity index (χ3v) is 4.53. The highest BCUT2D eigenvalue weighted by Crippen LogP contribution is 2.30. The Balaban J connectivity index is 1.72. The molecule has 7 heteroatoms. The number of rotatable bonds is 4. The SMILES string of the molecule is COC(=O)c1ccccc1NC(=O)CC1Nc2cc(C)c(C)cc2NC1=O. The Hall–Kier alpha value is -3.35. The number of ether oxygens (including phenoxy) is 1. The molecular formula is C20H21N3O4. The smallest absolute Gasteiger partial charge is 0.339 e. The van der Waals surface area contributed by atoms with E-state index in [1.807, 2.05) is 26.0 Å². The number of esters is 1. The van der Waals surface area contributed by atoms with Gasteiger partial charge >= 0.3 is 5.97 Å². The van der Waals surface area contributed by atoms with E-state index in [1.165, 1.54) is 7.11 Å². The number of nitrogens with one attached hydrogen (secondary N) is 3. The number of benzene rings is 2. The molecule has 1 aliphatic heterocycles. The van der Waals surface area contributed by atoms with Crippen LogP contribution in [0, 0.1) is 13.8 Å². The van der Waals surface area contributed by atoms with Crippen molar-refractivity contribution in [2.75, 3.05) is 23.1 Å². The maximum atomic E-state index is 12.4. The van der Waals surface area contributed by atoms with Gasteiger partial charge in [0.05, 0.1) is 36.2 Å². The van der Waals surface area contributed by atoms with Gasteiger partial charge in [-0.25, -0.2) is 4.79 Å². The lowest BCUT2D eigenvalue weighted by atomic mass is 10.0. The first-order chi connectivity index (χ1) is 12.9. The second kappa shape index (κ2) is 7.49. The molecule has 2 aromatic rings. The third kappa shape index (κ3) is 3.92. The van der Waals surface area contributed by atoms with E-state index in [9.17, 15) is 14.4 Å². The minimum Gasteiger partial charge on any atom is -0.465 e. The molecule has 27 heavy (non-hydrogen) atoms. The average molecular weight is 367 g/mol. The summed E-state index contributed by atoms with van der Waals surface area (Å²) < 4.78 is 4.72. The summed E-state index contributed by atoms with van der Waals surface area (Å²) in [5, 5.41) is 8.62. The lowest BCUT2D eigenvalue weighted by molar-refractivity contribution is -0.122. The number of fused-ring (bicyclic) bond motifs is 1. The highest BCUT2D eigenvalue weighted by molar-refractivity contribution is 6.07. The van der Waals surface area contributed by atoms with Crippen LogP contribution in [0.25, 0.3) is 0 Å². The fourth-order valence-electron chi connectivity index (χ4n) is 2.92. The molecule has 1 unspecified atom stereocenters. The molecule has 0 saturated heterocycles. The molecule has 2 aromatic carbocycles. The van der Waals surface area contributed by atoms with E-state index in [0.29, 0.717) is 11.4 Å². The number of carbonyl (C=O) groups is 3. The average Bonchev–Trinajstić information content (AvgIpc) is 2.64. The molecule has 0 saturated carbocycles. The zero-order valence-corrected chi connectivity index (χ0v) is 15.4. The number of carbonyl (C=O) groups excluding carboxylic acids is 3. The van der Waals surface area contributed by atoms with Gasteiger partial charge in [-0.1, -0.05) is 12.1 Å². The second-order valence-corrected chi connectivity index (χ2v) is 6.46. The fraction of sp³-hybridized carbons (Fsp3) is 0.250. The molecule has 0 radical (unpaired) electrons. The Labute approximate surface area is 157 Å². The van der Waals surface area contributed by atoms with Crippen LogP contribution in [-0.4, -0.2) is 30.9 Å². The Bertz CT molecular complexity index is 923. The molecule has 0 spiro atoms. The van der Waals surface area contributed by atoms with Crippen molar-refractivity contribution in [1.82, 2.24) is 0 Å². The number of methoxy groups -OCH3 is 1. The van der Waals surface area contributed by atoms with Crippen LogP contribution >= 0.6 is 0 Å². The van der Waals surface area contributed by atoms with Gasteiger partial charge in [-0.15, -0.1) is 0 Å². The summed E-state index contributed by atoms with van der Waals surface area (Å²) in [4.78, 5) is 36.6. The molecule has 0 aliphatic carbocycles. The van der Waals surface area contributed by atoms with Crippen LogP contribution < -0.4 is 16.0 Å². The molecule has 0 aromatic heterocycles. The van der Waals surface area contributed by atoms with Crippen LogP contribution in [0.15, 0.2) is 36.4 Å². The first-order valence-electron chi connectivity index (χ1n) is 8.55.